The molecular weight excluding hydrogens is 280 g/mol. The van der Waals surface area contributed by atoms with Gasteiger partial charge in [0, 0.05) is 0 Å². The highest BCUT2D eigenvalue weighted by atomic mass is 32.2. The SMILES string of the molecule is Cc1ccc(C#N)cc1S(=O)(=O)NC1(C(=O)O)CCC1. The molecule has 0 amide bonds. The van der Waals surface area contributed by atoms with Crippen molar-refractivity contribution in [1.82, 2.24) is 4.72 Å². The van der Waals surface area contributed by atoms with Gasteiger partial charge in [-0.25, -0.2) is 8.42 Å². The number of sulfonamides is 1. The zero-order valence-corrected chi connectivity index (χ0v) is 11.7. The van der Waals surface area contributed by atoms with Gasteiger partial charge in [0.1, 0.15) is 5.54 Å². The van der Waals surface area contributed by atoms with Crippen molar-refractivity contribution in [2.24, 2.45) is 0 Å². The van der Waals surface area contributed by atoms with E-state index in [2.05, 4.69) is 4.72 Å². The number of hydrogen-bond acceptors (Lipinski definition) is 4. The minimum Gasteiger partial charge on any atom is -0.480 e. The van der Waals surface area contributed by atoms with Gasteiger partial charge in [0.15, 0.2) is 0 Å². The summed E-state index contributed by atoms with van der Waals surface area (Å²) in [5.74, 6) is -1.17. The minimum absolute atomic E-state index is 0.0518. The number of aliphatic carboxylic acids is 1. The van der Waals surface area contributed by atoms with Crippen LogP contribution in [0.2, 0.25) is 0 Å². The van der Waals surface area contributed by atoms with Crippen LogP contribution in [0.4, 0.5) is 0 Å². The first-order valence-corrected chi connectivity index (χ1v) is 7.57. The van der Waals surface area contributed by atoms with Gasteiger partial charge < -0.3 is 5.11 Å². The van der Waals surface area contributed by atoms with E-state index in [9.17, 15) is 18.3 Å². The molecule has 1 aliphatic carbocycles. The molecule has 1 aliphatic rings. The zero-order valence-electron chi connectivity index (χ0n) is 10.9. The molecule has 1 saturated carbocycles. The Balaban J connectivity index is 2.41. The topological polar surface area (TPSA) is 107 Å². The number of nitrogens with one attached hydrogen (secondary N) is 1. The molecule has 7 heteroatoms. The Morgan fingerprint density at radius 1 is 1.45 bits per heavy atom. The summed E-state index contributed by atoms with van der Waals surface area (Å²) in [5.41, 5.74) is -0.723. The van der Waals surface area contributed by atoms with Crippen LogP contribution >= 0.6 is 0 Å². The molecule has 2 rings (SSSR count). The molecule has 1 aromatic rings. The third-order valence-electron chi connectivity index (χ3n) is 3.55. The van der Waals surface area contributed by atoms with E-state index in [1.807, 2.05) is 6.07 Å². The number of hydrogen-bond donors (Lipinski definition) is 2. The first-order chi connectivity index (χ1) is 9.31. The summed E-state index contributed by atoms with van der Waals surface area (Å²) in [6.45, 7) is 1.60. The molecular formula is C13H14N2O4S. The number of carboxylic acid groups (broad SMARTS) is 1. The van der Waals surface area contributed by atoms with Gasteiger partial charge in [-0.05, 0) is 43.9 Å². The van der Waals surface area contributed by atoms with E-state index >= 15 is 0 Å². The van der Waals surface area contributed by atoms with Crippen LogP contribution < -0.4 is 4.72 Å². The highest BCUT2D eigenvalue weighted by molar-refractivity contribution is 7.89. The number of nitriles is 1. The van der Waals surface area contributed by atoms with Crippen molar-refractivity contribution in [3.8, 4) is 6.07 Å². The van der Waals surface area contributed by atoms with Gasteiger partial charge in [0.2, 0.25) is 10.0 Å². The lowest BCUT2D eigenvalue weighted by Crippen LogP contribution is -2.58. The Bertz CT molecular complexity index is 700. The monoisotopic (exact) mass is 294 g/mol. The molecule has 1 fully saturated rings. The molecule has 0 aromatic heterocycles. The summed E-state index contributed by atoms with van der Waals surface area (Å²) in [5, 5.41) is 18.0. The maximum Gasteiger partial charge on any atom is 0.324 e. The summed E-state index contributed by atoms with van der Waals surface area (Å²) in [6.07, 6.45) is 1.23. The number of aryl methyl sites for hydroxylation is 1. The van der Waals surface area contributed by atoms with Crippen LogP contribution in [0.5, 0.6) is 0 Å². The maximum atomic E-state index is 12.4. The highest BCUT2D eigenvalue weighted by Crippen LogP contribution is 2.34. The first kappa shape index (κ1) is 14.5. The van der Waals surface area contributed by atoms with Crippen molar-refractivity contribution in [3.63, 3.8) is 0 Å². The summed E-state index contributed by atoms with van der Waals surface area (Å²) in [4.78, 5) is 11.2. The maximum absolute atomic E-state index is 12.4. The molecule has 0 saturated heterocycles. The van der Waals surface area contributed by atoms with Crippen LogP contribution in [0.25, 0.3) is 0 Å². The van der Waals surface area contributed by atoms with Gasteiger partial charge in [-0.3, -0.25) is 4.79 Å². The standard InChI is InChI=1S/C13H14N2O4S/c1-9-3-4-10(8-14)7-11(9)20(18,19)15-13(12(16)17)5-2-6-13/h3-4,7,15H,2,5-6H2,1H3,(H,16,17). The van der Waals surface area contributed by atoms with Crippen molar-refractivity contribution in [1.29, 1.82) is 5.26 Å². The predicted molar refractivity (Wildman–Crippen MR) is 70.4 cm³/mol. The van der Waals surface area contributed by atoms with Crippen LogP contribution in [-0.2, 0) is 14.8 Å². The molecule has 1 aromatic carbocycles. The van der Waals surface area contributed by atoms with Crippen molar-refractivity contribution in [3.05, 3.63) is 29.3 Å². The number of nitrogens with zero attached hydrogens (tertiary/aromatic N) is 1. The molecule has 0 radical (unpaired) electrons. The van der Waals surface area contributed by atoms with Crippen molar-refractivity contribution >= 4 is 16.0 Å². The zero-order chi connectivity index (χ0) is 15.0. The average Bonchev–Trinajstić information content (AvgIpc) is 2.34. The van der Waals surface area contributed by atoms with E-state index < -0.39 is 21.5 Å². The van der Waals surface area contributed by atoms with Crippen LogP contribution in [0.1, 0.15) is 30.4 Å². The summed E-state index contributed by atoms with van der Waals surface area (Å²) >= 11 is 0. The molecule has 0 aliphatic heterocycles. The van der Waals surface area contributed by atoms with Crippen LogP contribution in [0.3, 0.4) is 0 Å². The molecule has 0 atom stereocenters. The fourth-order valence-corrected chi connectivity index (χ4v) is 3.85. The Kier molecular flexibility index (Phi) is 3.54. The molecule has 0 spiro atoms. The summed E-state index contributed by atoms with van der Waals surface area (Å²) < 4.78 is 27.0. The number of carbonyl (C=O) groups is 1. The number of benzene rings is 1. The van der Waals surface area contributed by atoms with Gasteiger partial charge in [0.05, 0.1) is 16.5 Å². The summed E-state index contributed by atoms with van der Waals surface area (Å²) in [6, 6.07) is 6.18. The van der Waals surface area contributed by atoms with Gasteiger partial charge >= 0.3 is 5.97 Å². The lowest BCUT2D eigenvalue weighted by molar-refractivity contribution is -0.147. The number of rotatable bonds is 4. The number of carboxylic acids is 1. The van der Waals surface area contributed by atoms with Crippen molar-refractivity contribution in [2.45, 2.75) is 36.6 Å². The van der Waals surface area contributed by atoms with Crippen molar-refractivity contribution < 1.29 is 18.3 Å². The van der Waals surface area contributed by atoms with E-state index in [0.29, 0.717) is 12.0 Å². The second-order valence-corrected chi connectivity index (χ2v) is 6.59. The van der Waals surface area contributed by atoms with Gasteiger partial charge in [-0.2, -0.15) is 9.98 Å². The Morgan fingerprint density at radius 3 is 2.55 bits per heavy atom. The highest BCUT2D eigenvalue weighted by Gasteiger charge is 2.47. The normalized spacial score (nSPS) is 17.0. The lowest BCUT2D eigenvalue weighted by Gasteiger charge is -2.37. The molecule has 6 nitrogen and oxygen atoms in total. The fraction of sp³-hybridized carbons (Fsp3) is 0.385. The fourth-order valence-electron chi connectivity index (χ4n) is 2.16. The van der Waals surface area contributed by atoms with Gasteiger partial charge in [-0.15, -0.1) is 0 Å². The second-order valence-electron chi connectivity index (χ2n) is 4.94. The van der Waals surface area contributed by atoms with Crippen LogP contribution in [-0.4, -0.2) is 25.0 Å². The molecule has 0 unspecified atom stereocenters. The van der Waals surface area contributed by atoms with E-state index in [4.69, 9.17) is 5.26 Å². The molecule has 2 N–H and O–H groups in total. The Hall–Kier alpha value is -1.91. The Labute approximate surface area is 117 Å². The van der Waals surface area contributed by atoms with E-state index in [1.54, 1.807) is 6.92 Å². The Morgan fingerprint density at radius 2 is 2.10 bits per heavy atom. The van der Waals surface area contributed by atoms with Crippen LogP contribution in [0, 0.1) is 18.3 Å². The third kappa shape index (κ3) is 2.40. The first-order valence-electron chi connectivity index (χ1n) is 6.09. The predicted octanol–water partition coefficient (Wildman–Crippen LogP) is 1.15. The minimum atomic E-state index is -3.97. The largest absolute Gasteiger partial charge is 0.480 e. The third-order valence-corrected chi connectivity index (χ3v) is 5.23. The van der Waals surface area contributed by atoms with Gasteiger partial charge in [-0.1, -0.05) is 6.07 Å². The molecule has 0 bridgehead atoms. The molecule has 0 heterocycles. The van der Waals surface area contributed by atoms with E-state index in [-0.39, 0.29) is 23.3 Å². The van der Waals surface area contributed by atoms with E-state index in [1.165, 1.54) is 18.2 Å². The lowest BCUT2D eigenvalue weighted by atomic mass is 9.78. The quantitative estimate of drug-likeness (QED) is 0.866. The summed E-state index contributed by atoms with van der Waals surface area (Å²) in [7, 11) is -3.97. The van der Waals surface area contributed by atoms with E-state index in [0.717, 1.165) is 0 Å². The second kappa shape index (κ2) is 4.89. The van der Waals surface area contributed by atoms with Gasteiger partial charge in [0.25, 0.3) is 0 Å². The average molecular weight is 294 g/mol. The van der Waals surface area contributed by atoms with Crippen molar-refractivity contribution in [2.75, 3.05) is 0 Å². The molecule has 20 heavy (non-hydrogen) atoms. The van der Waals surface area contributed by atoms with Crippen LogP contribution in [0.15, 0.2) is 23.1 Å². The molecule has 106 valence electrons. The smallest absolute Gasteiger partial charge is 0.324 e.